The average Bonchev–Trinajstić information content (AvgIpc) is 3.29. The normalized spacial score (nSPS) is 24.2. The summed E-state index contributed by atoms with van der Waals surface area (Å²) < 4.78 is 0. The van der Waals surface area contributed by atoms with Crippen molar-refractivity contribution in [1.29, 1.82) is 0 Å². The molecule has 0 bridgehead atoms. The first-order chi connectivity index (χ1) is 12.1. The molecular weight excluding hydrogens is 338 g/mol. The number of amides is 2. The van der Waals surface area contributed by atoms with Crippen LogP contribution in [0.2, 0.25) is 0 Å². The van der Waals surface area contributed by atoms with Crippen molar-refractivity contribution < 1.29 is 14.7 Å². The molecule has 3 N–H and O–H groups in total. The second-order valence-corrected chi connectivity index (χ2v) is 7.21. The third-order valence-corrected chi connectivity index (χ3v) is 5.89. The van der Waals surface area contributed by atoms with Gasteiger partial charge >= 0.3 is 6.09 Å². The Kier molecular flexibility index (Phi) is 3.88. The number of carbonyl (C=O) groups excluding carboxylic acids is 1. The van der Waals surface area contributed by atoms with Gasteiger partial charge < -0.3 is 20.6 Å². The largest absolute Gasteiger partial charge is 0.465 e. The van der Waals surface area contributed by atoms with Gasteiger partial charge in [0, 0.05) is 30.8 Å². The van der Waals surface area contributed by atoms with E-state index in [1.807, 2.05) is 17.5 Å². The number of nitrogens with one attached hydrogen (secondary N) is 2. The Morgan fingerprint density at radius 3 is 2.88 bits per heavy atom. The zero-order chi connectivity index (χ0) is 17.6. The number of nitrogens with zero attached hydrogens (tertiary/aromatic N) is 1. The molecule has 1 fully saturated rings. The predicted molar refractivity (Wildman–Crippen MR) is 96.1 cm³/mol. The Labute approximate surface area is 149 Å². The van der Waals surface area contributed by atoms with Gasteiger partial charge in [-0.1, -0.05) is 0 Å². The summed E-state index contributed by atoms with van der Waals surface area (Å²) in [4.78, 5) is 25.3. The van der Waals surface area contributed by atoms with Crippen LogP contribution in [0.4, 0.5) is 10.5 Å². The highest BCUT2D eigenvalue weighted by Gasteiger charge is 2.46. The van der Waals surface area contributed by atoms with Crippen molar-refractivity contribution in [2.45, 2.75) is 18.5 Å². The fraction of sp³-hybridized carbons (Fsp3) is 0.333. The molecule has 0 spiro atoms. The molecule has 2 aliphatic rings. The first-order valence-electron chi connectivity index (χ1n) is 8.24. The summed E-state index contributed by atoms with van der Waals surface area (Å²) in [6.07, 6.45) is -0.108. The summed E-state index contributed by atoms with van der Waals surface area (Å²) in [6, 6.07) is 7.42. The second-order valence-electron chi connectivity index (χ2n) is 6.43. The summed E-state index contributed by atoms with van der Waals surface area (Å²) in [5.41, 5.74) is 3.53. The van der Waals surface area contributed by atoms with Crippen LogP contribution in [-0.2, 0) is 0 Å². The minimum absolute atomic E-state index is 0.0824. The van der Waals surface area contributed by atoms with Gasteiger partial charge in [-0.3, -0.25) is 4.79 Å². The molecule has 3 unspecified atom stereocenters. The van der Waals surface area contributed by atoms with Crippen LogP contribution in [0.1, 0.15) is 40.0 Å². The lowest BCUT2D eigenvalue weighted by molar-refractivity contribution is 0.0963. The zero-order valence-corrected chi connectivity index (χ0v) is 14.5. The number of rotatable bonds is 2. The molecule has 130 valence electrons. The van der Waals surface area contributed by atoms with E-state index in [1.165, 1.54) is 10.5 Å². The fourth-order valence-electron chi connectivity index (χ4n) is 4.06. The lowest BCUT2D eigenvalue weighted by atomic mass is 9.80. The lowest BCUT2D eigenvalue weighted by Gasteiger charge is -2.39. The van der Waals surface area contributed by atoms with Crippen molar-refractivity contribution in [3.05, 3.63) is 51.7 Å². The van der Waals surface area contributed by atoms with E-state index >= 15 is 0 Å². The van der Waals surface area contributed by atoms with Crippen molar-refractivity contribution >= 4 is 29.0 Å². The molecule has 0 radical (unpaired) electrons. The van der Waals surface area contributed by atoms with Gasteiger partial charge in [0.25, 0.3) is 5.91 Å². The molecule has 0 saturated carbocycles. The lowest BCUT2D eigenvalue weighted by Crippen LogP contribution is -2.37. The molecule has 1 aromatic heterocycles. The molecule has 2 amide bonds. The van der Waals surface area contributed by atoms with E-state index in [1.54, 1.807) is 24.5 Å². The maximum Gasteiger partial charge on any atom is 0.407 e. The van der Waals surface area contributed by atoms with Crippen LogP contribution in [0.15, 0.2) is 35.0 Å². The van der Waals surface area contributed by atoms with Gasteiger partial charge in [0.05, 0.1) is 12.1 Å². The fourth-order valence-corrected chi connectivity index (χ4v) is 4.76. The average molecular weight is 357 g/mol. The standard InChI is InChI=1S/C18H19N3O3S/c1-19-17(22)10-2-3-14-13(8-10)16-12(4-6-21(16)18(23)24)15(20-14)11-5-7-25-9-11/h2-3,5,7-9,12,15-16,20H,4,6H2,1H3,(H,19,22)(H,23,24). The molecule has 1 aromatic carbocycles. The molecule has 25 heavy (non-hydrogen) atoms. The van der Waals surface area contributed by atoms with Gasteiger partial charge in [-0.2, -0.15) is 11.3 Å². The van der Waals surface area contributed by atoms with Crippen LogP contribution in [0.25, 0.3) is 0 Å². The molecule has 6 nitrogen and oxygen atoms in total. The summed E-state index contributed by atoms with van der Waals surface area (Å²) in [5.74, 6) is -0.0164. The van der Waals surface area contributed by atoms with Crippen molar-refractivity contribution in [3.8, 4) is 0 Å². The number of thiophene rings is 1. The minimum Gasteiger partial charge on any atom is -0.465 e. The van der Waals surface area contributed by atoms with Gasteiger partial charge in [0.15, 0.2) is 0 Å². The van der Waals surface area contributed by atoms with Crippen molar-refractivity contribution in [3.63, 3.8) is 0 Å². The molecule has 3 atom stereocenters. The molecule has 4 rings (SSSR count). The summed E-state index contributed by atoms with van der Waals surface area (Å²) >= 11 is 1.64. The van der Waals surface area contributed by atoms with Gasteiger partial charge in [0.2, 0.25) is 0 Å². The number of hydrogen-bond donors (Lipinski definition) is 3. The quantitative estimate of drug-likeness (QED) is 0.770. The van der Waals surface area contributed by atoms with E-state index in [9.17, 15) is 14.7 Å². The molecule has 7 heteroatoms. The zero-order valence-electron chi connectivity index (χ0n) is 13.7. The smallest absolute Gasteiger partial charge is 0.407 e. The number of benzene rings is 1. The predicted octanol–water partition coefficient (Wildman–Crippen LogP) is 3.32. The van der Waals surface area contributed by atoms with Crippen LogP contribution in [-0.4, -0.2) is 35.6 Å². The Morgan fingerprint density at radius 2 is 2.20 bits per heavy atom. The van der Waals surface area contributed by atoms with E-state index in [4.69, 9.17) is 0 Å². The molecule has 3 heterocycles. The van der Waals surface area contributed by atoms with Crippen LogP contribution >= 0.6 is 11.3 Å². The van der Waals surface area contributed by atoms with E-state index in [0.29, 0.717) is 12.1 Å². The summed E-state index contributed by atoms with van der Waals surface area (Å²) in [6.45, 7) is 0.511. The van der Waals surface area contributed by atoms with Crippen LogP contribution in [0.5, 0.6) is 0 Å². The number of anilines is 1. The molecule has 1 saturated heterocycles. The molecular formula is C18H19N3O3S. The molecule has 2 aromatic rings. The van der Waals surface area contributed by atoms with Crippen molar-refractivity contribution in [1.82, 2.24) is 10.2 Å². The van der Waals surface area contributed by atoms with Crippen LogP contribution in [0.3, 0.4) is 0 Å². The topological polar surface area (TPSA) is 81.7 Å². The second kappa shape index (κ2) is 6.07. The Balaban J connectivity index is 1.82. The van der Waals surface area contributed by atoms with E-state index in [0.717, 1.165) is 17.7 Å². The van der Waals surface area contributed by atoms with Crippen molar-refractivity contribution in [2.24, 2.45) is 5.92 Å². The molecule has 2 aliphatic heterocycles. The van der Waals surface area contributed by atoms with Crippen LogP contribution in [0, 0.1) is 5.92 Å². The third kappa shape index (κ3) is 2.55. The third-order valence-electron chi connectivity index (χ3n) is 5.19. The van der Waals surface area contributed by atoms with Crippen molar-refractivity contribution in [2.75, 3.05) is 18.9 Å². The first-order valence-corrected chi connectivity index (χ1v) is 9.18. The van der Waals surface area contributed by atoms with E-state index < -0.39 is 6.09 Å². The van der Waals surface area contributed by atoms with Gasteiger partial charge in [-0.15, -0.1) is 0 Å². The Morgan fingerprint density at radius 1 is 1.36 bits per heavy atom. The SMILES string of the molecule is CNC(=O)c1ccc2c(c1)C1C(CCN1C(=O)O)C(c1ccsc1)N2. The Bertz CT molecular complexity index is 821. The summed E-state index contributed by atoms with van der Waals surface area (Å²) in [7, 11) is 1.59. The number of hydrogen-bond acceptors (Lipinski definition) is 4. The number of likely N-dealkylation sites (tertiary alicyclic amines) is 1. The van der Waals surface area contributed by atoms with Gasteiger partial charge in [-0.05, 0) is 52.6 Å². The van der Waals surface area contributed by atoms with Gasteiger partial charge in [0.1, 0.15) is 0 Å². The number of fused-ring (bicyclic) bond motifs is 3. The summed E-state index contributed by atoms with van der Waals surface area (Å²) in [5, 5.41) is 20.0. The van der Waals surface area contributed by atoms with Crippen LogP contribution < -0.4 is 10.6 Å². The number of carboxylic acid groups (broad SMARTS) is 1. The highest BCUT2D eigenvalue weighted by atomic mass is 32.1. The molecule has 0 aliphatic carbocycles. The first kappa shape index (κ1) is 16.0. The maximum absolute atomic E-state index is 12.0. The Hall–Kier alpha value is -2.54. The number of carbonyl (C=O) groups is 2. The monoisotopic (exact) mass is 357 g/mol. The highest BCUT2D eigenvalue weighted by Crippen LogP contribution is 2.51. The maximum atomic E-state index is 12.0. The minimum atomic E-state index is -0.908. The highest BCUT2D eigenvalue weighted by molar-refractivity contribution is 7.08. The van der Waals surface area contributed by atoms with Gasteiger partial charge in [-0.25, -0.2) is 4.79 Å². The van der Waals surface area contributed by atoms with E-state index in [-0.39, 0.29) is 23.9 Å². The van der Waals surface area contributed by atoms with E-state index in [2.05, 4.69) is 22.1 Å².